The van der Waals surface area contributed by atoms with Gasteiger partial charge in [0, 0.05) is 26.4 Å². The molecule has 138 valence electrons. The zero-order valence-corrected chi connectivity index (χ0v) is 17.3. The molecule has 0 spiro atoms. The van der Waals surface area contributed by atoms with Crippen LogP contribution in [0, 0.1) is 6.92 Å². The molecule has 0 aliphatic carbocycles. The van der Waals surface area contributed by atoms with Gasteiger partial charge in [0.25, 0.3) is 0 Å². The van der Waals surface area contributed by atoms with E-state index in [-0.39, 0.29) is 24.0 Å². The van der Waals surface area contributed by atoms with Crippen LogP contribution in [-0.2, 0) is 16.0 Å². The van der Waals surface area contributed by atoms with Crippen molar-refractivity contribution in [1.29, 1.82) is 0 Å². The Morgan fingerprint density at radius 2 is 1.92 bits per heavy atom. The molecule has 0 radical (unpaired) electrons. The first-order chi connectivity index (χ1) is 11.3. The standard InChI is InChI=1S/C17H30N4O2.HI/c1-4-5-10-22-12-13-23-11-9-20-17(18-3)21-14-16-15(2)7-6-8-19-16;/h6-8H,4-5,9-14H2,1-3H3,(H2,18,20,21);1H. The Bertz CT molecular complexity index is 458. The van der Waals surface area contributed by atoms with Gasteiger partial charge < -0.3 is 20.1 Å². The molecule has 0 aromatic carbocycles. The van der Waals surface area contributed by atoms with Gasteiger partial charge in [0.2, 0.25) is 0 Å². The summed E-state index contributed by atoms with van der Waals surface area (Å²) in [6.45, 7) is 8.30. The SMILES string of the molecule is CCCCOCCOCCNC(=NC)NCc1ncccc1C.I. The predicted molar refractivity (Wildman–Crippen MR) is 109 cm³/mol. The maximum atomic E-state index is 5.51. The Morgan fingerprint density at radius 3 is 2.58 bits per heavy atom. The zero-order valence-electron chi connectivity index (χ0n) is 15.0. The molecule has 7 heteroatoms. The Morgan fingerprint density at radius 1 is 1.17 bits per heavy atom. The molecule has 0 aliphatic rings. The van der Waals surface area contributed by atoms with E-state index in [1.165, 1.54) is 5.56 Å². The topological polar surface area (TPSA) is 67.8 Å². The number of unbranched alkanes of at least 4 members (excludes halogenated alkanes) is 1. The minimum Gasteiger partial charge on any atom is -0.379 e. The van der Waals surface area contributed by atoms with Crippen molar-refractivity contribution in [3.63, 3.8) is 0 Å². The largest absolute Gasteiger partial charge is 0.379 e. The van der Waals surface area contributed by atoms with E-state index >= 15 is 0 Å². The van der Waals surface area contributed by atoms with Crippen LogP contribution in [0.3, 0.4) is 0 Å². The van der Waals surface area contributed by atoms with Crippen LogP contribution in [0.15, 0.2) is 23.3 Å². The summed E-state index contributed by atoms with van der Waals surface area (Å²) in [4.78, 5) is 8.54. The van der Waals surface area contributed by atoms with Crippen molar-refractivity contribution in [2.45, 2.75) is 33.2 Å². The van der Waals surface area contributed by atoms with Gasteiger partial charge in [-0.3, -0.25) is 9.98 Å². The fourth-order valence-electron chi connectivity index (χ4n) is 1.90. The van der Waals surface area contributed by atoms with E-state index in [1.54, 1.807) is 13.2 Å². The lowest BCUT2D eigenvalue weighted by molar-refractivity contribution is 0.0487. The molecule has 1 rings (SSSR count). The van der Waals surface area contributed by atoms with Gasteiger partial charge in [-0.25, -0.2) is 0 Å². The van der Waals surface area contributed by atoms with Crippen LogP contribution in [-0.4, -0.2) is 51.0 Å². The first-order valence-corrected chi connectivity index (χ1v) is 8.28. The average molecular weight is 450 g/mol. The molecule has 0 unspecified atom stereocenters. The zero-order chi connectivity index (χ0) is 16.8. The maximum Gasteiger partial charge on any atom is 0.191 e. The second kappa shape index (κ2) is 15.6. The normalized spacial score (nSPS) is 11.0. The summed E-state index contributed by atoms with van der Waals surface area (Å²) in [7, 11) is 1.75. The van der Waals surface area contributed by atoms with Crippen molar-refractivity contribution in [2.75, 3.05) is 40.0 Å². The van der Waals surface area contributed by atoms with Crippen molar-refractivity contribution >= 4 is 29.9 Å². The van der Waals surface area contributed by atoms with Crippen LogP contribution >= 0.6 is 24.0 Å². The number of halogens is 1. The molecule has 0 atom stereocenters. The van der Waals surface area contributed by atoms with E-state index in [0.29, 0.717) is 32.9 Å². The molecule has 0 amide bonds. The number of aliphatic imine (C=N–C) groups is 1. The fraction of sp³-hybridized carbons (Fsp3) is 0.647. The van der Waals surface area contributed by atoms with Gasteiger partial charge >= 0.3 is 0 Å². The Balaban J connectivity index is 0.00000529. The van der Waals surface area contributed by atoms with E-state index in [4.69, 9.17) is 9.47 Å². The number of rotatable bonds is 11. The molecule has 6 nitrogen and oxygen atoms in total. The summed E-state index contributed by atoms with van der Waals surface area (Å²) < 4.78 is 10.9. The highest BCUT2D eigenvalue weighted by Crippen LogP contribution is 2.01. The molecule has 24 heavy (non-hydrogen) atoms. The lowest BCUT2D eigenvalue weighted by Gasteiger charge is -2.12. The molecule has 1 aromatic rings. The number of ether oxygens (including phenoxy) is 2. The third-order valence-electron chi connectivity index (χ3n) is 3.32. The minimum absolute atomic E-state index is 0. The molecule has 1 heterocycles. The minimum atomic E-state index is 0. The van der Waals surface area contributed by atoms with Crippen LogP contribution in [0.5, 0.6) is 0 Å². The highest BCUT2D eigenvalue weighted by molar-refractivity contribution is 14.0. The van der Waals surface area contributed by atoms with Gasteiger partial charge in [-0.05, 0) is 25.0 Å². The molecule has 0 fully saturated rings. The summed E-state index contributed by atoms with van der Waals surface area (Å²) in [5.41, 5.74) is 2.19. The van der Waals surface area contributed by atoms with Crippen LogP contribution in [0.4, 0.5) is 0 Å². The second-order valence-corrected chi connectivity index (χ2v) is 5.20. The van der Waals surface area contributed by atoms with Gasteiger partial charge in [-0.2, -0.15) is 0 Å². The second-order valence-electron chi connectivity index (χ2n) is 5.20. The molecular formula is C17H31IN4O2. The van der Waals surface area contributed by atoms with Gasteiger partial charge in [0.15, 0.2) is 5.96 Å². The monoisotopic (exact) mass is 450 g/mol. The highest BCUT2D eigenvalue weighted by Gasteiger charge is 2.01. The van der Waals surface area contributed by atoms with E-state index in [0.717, 1.165) is 31.1 Å². The number of aromatic nitrogens is 1. The number of aryl methyl sites for hydroxylation is 1. The number of nitrogens with zero attached hydrogens (tertiary/aromatic N) is 2. The van der Waals surface area contributed by atoms with Crippen LogP contribution < -0.4 is 10.6 Å². The summed E-state index contributed by atoms with van der Waals surface area (Å²) >= 11 is 0. The quantitative estimate of drug-likeness (QED) is 0.235. The molecule has 2 N–H and O–H groups in total. The van der Waals surface area contributed by atoms with Crippen molar-refractivity contribution in [3.05, 3.63) is 29.6 Å². The van der Waals surface area contributed by atoms with Gasteiger partial charge in [-0.1, -0.05) is 19.4 Å². The Hall–Kier alpha value is -0.930. The molecule has 0 aliphatic heterocycles. The van der Waals surface area contributed by atoms with Crippen LogP contribution in [0.25, 0.3) is 0 Å². The first kappa shape index (κ1) is 23.1. The first-order valence-electron chi connectivity index (χ1n) is 8.28. The molecule has 0 saturated carbocycles. The summed E-state index contributed by atoms with van der Waals surface area (Å²) in [6, 6.07) is 3.99. The number of guanidine groups is 1. The molecular weight excluding hydrogens is 419 g/mol. The number of hydrogen-bond acceptors (Lipinski definition) is 4. The number of nitrogens with one attached hydrogen (secondary N) is 2. The number of pyridine rings is 1. The number of hydrogen-bond donors (Lipinski definition) is 2. The van der Waals surface area contributed by atoms with Crippen LogP contribution in [0.2, 0.25) is 0 Å². The lowest BCUT2D eigenvalue weighted by atomic mass is 10.2. The fourth-order valence-corrected chi connectivity index (χ4v) is 1.90. The third kappa shape index (κ3) is 10.8. The summed E-state index contributed by atoms with van der Waals surface area (Å²) in [5, 5.41) is 6.46. The van der Waals surface area contributed by atoms with Crippen molar-refractivity contribution in [2.24, 2.45) is 4.99 Å². The molecule has 0 bridgehead atoms. The van der Waals surface area contributed by atoms with E-state index in [1.807, 2.05) is 6.07 Å². The lowest BCUT2D eigenvalue weighted by Crippen LogP contribution is -2.38. The van der Waals surface area contributed by atoms with Gasteiger partial charge in [-0.15, -0.1) is 24.0 Å². The van der Waals surface area contributed by atoms with E-state index < -0.39 is 0 Å². The summed E-state index contributed by atoms with van der Waals surface area (Å²) in [5.74, 6) is 0.748. The van der Waals surface area contributed by atoms with E-state index in [2.05, 4.69) is 40.5 Å². The average Bonchev–Trinajstić information content (AvgIpc) is 2.57. The molecule has 1 aromatic heterocycles. The van der Waals surface area contributed by atoms with Gasteiger partial charge in [0.1, 0.15) is 0 Å². The predicted octanol–water partition coefficient (Wildman–Crippen LogP) is 2.51. The van der Waals surface area contributed by atoms with Crippen molar-refractivity contribution < 1.29 is 9.47 Å². The van der Waals surface area contributed by atoms with Gasteiger partial charge in [0.05, 0.1) is 32.1 Å². The van der Waals surface area contributed by atoms with E-state index in [9.17, 15) is 0 Å². The Kier molecular flexibility index (Phi) is 15.0. The molecule has 0 saturated heterocycles. The summed E-state index contributed by atoms with van der Waals surface area (Å²) in [6.07, 6.45) is 4.07. The van der Waals surface area contributed by atoms with Crippen molar-refractivity contribution in [1.82, 2.24) is 15.6 Å². The maximum absolute atomic E-state index is 5.51. The van der Waals surface area contributed by atoms with Crippen molar-refractivity contribution in [3.8, 4) is 0 Å². The smallest absolute Gasteiger partial charge is 0.191 e. The van der Waals surface area contributed by atoms with Crippen LogP contribution in [0.1, 0.15) is 31.0 Å². The third-order valence-corrected chi connectivity index (χ3v) is 3.32. The Labute approximate surface area is 162 Å². The highest BCUT2D eigenvalue weighted by atomic mass is 127.